The summed E-state index contributed by atoms with van der Waals surface area (Å²) in [5.41, 5.74) is 0.767. The number of alkyl halides is 2. The van der Waals surface area contributed by atoms with E-state index >= 15 is 0 Å². The van der Waals surface area contributed by atoms with Gasteiger partial charge in [-0.1, -0.05) is 17.7 Å². The number of fused-ring (bicyclic) bond motifs is 2. The predicted molar refractivity (Wildman–Crippen MR) is 136 cm³/mol. The molecule has 0 amide bonds. The molecule has 1 aliphatic rings. The van der Waals surface area contributed by atoms with E-state index in [1.807, 2.05) is 6.07 Å². The van der Waals surface area contributed by atoms with Crippen molar-refractivity contribution in [3.8, 4) is 6.07 Å². The highest BCUT2D eigenvalue weighted by molar-refractivity contribution is 7.59. The number of aromatic nitrogens is 7. The molecule has 0 unspecified atom stereocenters. The minimum absolute atomic E-state index is 0. The van der Waals surface area contributed by atoms with Gasteiger partial charge in [-0.25, -0.2) is 23.3 Å². The summed E-state index contributed by atoms with van der Waals surface area (Å²) < 4.78 is 32.6. The number of nitrogens with zero attached hydrogens (tertiary/aromatic N) is 8. The molecule has 6 heterocycles. The number of hydrogen-bond acceptors (Lipinski definition) is 7. The maximum atomic E-state index is 15.0. The molecule has 37 heavy (non-hydrogen) atoms. The SMILES string of the molecule is N#Cc1c[nH]c2ncnc(N3CC(F)(F)C[C@H]3c3nn4ccc(Cl)c4c(=O)n3Cc3ccccn3)c12.S. The van der Waals surface area contributed by atoms with Crippen LogP contribution >= 0.6 is 25.1 Å². The number of nitriles is 1. The van der Waals surface area contributed by atoms with E-state index in [0.29, 0.717) is 16.7 Å². The van der Waals surface area contributed by atoms with Gasteiger partial charge in [0.05, 0.1) is 40.8 Å². The zero-order valence-electron chi connectivity index (χ0n) is 18.9. The number of anilines is 1. The molecule has 0 aliphatic carbocycles. The van der Waals surface area contributed by atoms with Crippen LogP contribution in [0.25, 0.3) is 16.6 Å². The molecule has 0 saturated carbocycles. The third-order valence-corrected chi connectivity index (χ3v) is 6.51. The van der Waals surface area contributed by atoms with Gasteiger partial charge < -0.3 is 9.88 Å². The largest absolute Gasteiger partial charge is 0.345 e. The molecule has 10 nitrogen and oxygen atoms in total. The summed E-state index contributed by atoms with van der Waals surface area (Å²) in [6.07, 6.45) is 5.18. The van der Waals surface area contributed by atoms with Crippen LogP contribution in [0, 0.1) is 11.3 Å². The Bertz CT molecular complexity index is 1730. The topological polar surface area (TPSA) is 121 Å². The van der Waals surface area contributed by atoms with Crippen molar-refractivity contribution < 1.29 is 8.78 Å². The molecule has 1 N–H and O–H groups in total. The number of H-pyrrole nitrogens is 1. The first-order valence-corrected chi connectivity index (χ1v) is 11.3. The van der Waals surface area contributed by atoms with Crippen LogP contribution in [0.4, 0.5) is 14.6 Å². The van der Waals surface area contributed by atoms with E-state index in [4.69, 9.17) is 11.6 Å². The number of nitrogens with one attached hydrogen (secondary N) is 1. The Morgan fingerprint density at radius 1 is 1.24 bits per heavy atom. The lowest BCUT2D eigenvalue weighted by molar-refractivity contribution is 0.0218. The van der Waals surface area contributed by atoms with Gasteiger partial charge in [0.25, 0.3) is 11.5 Å². The molecule has 14 heteroatoms. The van der Waals surface area contributed by atoms with Gasteiger partial charge in [-0.3, -0.25) is 14.3 Å². The van der Waals surface area contributed by atoms with E-state index < -0.39 is 30.5 Å². The van der Waals surface area contributed by atoms with Gasteiger partial charge in [0, 0.05) is 25.0 Å². The second kappa shape index (κ2) is 9.13. The minimum Gasteiger partial charge on any atom is -0.345 e. The molecule has 0 aromatic carbocycles. The lowest BCUT2D eigenvalue weighted by Crippen LogP contribution is -2.34. The highest BCUT2D eigenvalue weighted by Gasteiger charge is 2.49. The standard InChI is InChI=1S/C23H16ClF2N9O.H2S/c24-15-4-6-35-18(15)22(36)33(10-14-3-1-2-5-28-14)20(32-35)16-7-23(25,26)11-34(16)21-17-13(8-27)9-29-19(17)30-12-31-21;/h1-6,9,12,16H,7,10-11H2,(H,29,30,31);1H2/t16-;/m0./s1. The van der Waals surface area contributed by atoms with Crippen molar-refractivity contribution in [3.63, 3.8) is 0 Å². The summed E-state index contributed by atoms with van der Waals surface area (Å²) in [6, 6.07) is 7.77. The van der Waals surface area contributed by atoms with Gasteiger partial charge >= 0.3 is 0 Å². The van der Waals surface area contributed by atoms with Crippen molar-refractivity contribution >= 4 is 47.5 Å². The van der Waals surface area contributed by atoms with E-state index in [0.717, 1.165) is 0 Å². The number of hydrogen-bond donors (Lipinski definition) is 1. The number of aromatic amines is 1. The van der Waals surface area contributed by atoms with Crippen molar-refractivity contribution in [2.45, 2.75) is 24.9 Å². The average Bonchev–Trinajstić information content (AvgIpc) is 3.55. The van der Waals surface area contributed by atoms with Crippen LogP contribution in [0.5, 0.6) is 0 Å². The second-order valence-electron chi connectivity index (χ2n) is 8.47. The Labute approximate surface area is 219 Å². The Hall–Kier alpha value is -4.02. The summed E-state index contributed by atoms with van der Waals surface area (Å²) in [4.78, 5) is 30.5. The maximum Gasteiger partial charge on any atom is 0.279 e. The van der Waals surface area contributed by atoms with Crippen LogP contribution in [0.1, 0.15) is 29.5 Å². The molecule has 1 fully saturated rings. The van der Waals surface area contributed by atoms with Gasteiger partial charge in [0.1, 0.15) is 29.4 Å². The van der Waals surface area contributed by atoms with Gasteiger partial charge in [-0.05, 0) is 18.2 Å². The maximum absolute atomic E-state index is 15.0. The molecule has 0 spiro atoms. The monoisotopic (exact) mass is 541 g/mol. The molecule has 5 aromatic heterocycles. The van der Waals surface area contributed by atoms with Crippen LogP contribution in [0.2, 0.25) is 5.02 Å². The Morgan fingerprint density at radius 3 is 2.84 bits per heavy atom. The molecule has 188 valence electrons. The molecular weight excluding hydrogens is 524 g/mol. The normalized spacial score (nSPS) is 16.7. The quantitative estimate of drug-likeness (QED) is 0.370. The van der Waals surface area contributed by atoms with Crippen molar-refractivity contribution in [2.24, 2.45) is 0 Å². The first-order chi connectivity index (χ1) is 17.4. The average molecular weight is 542 g/mol. The van der Waals surface area contributed by atoms with Crippen molar-refractivity contribution in [1.82, 2.24) is 34.1 Å². The van der Waals surface area contributed by atoms with Gasteiger partial charge in [0.2, 0.25) is 0 Å². The smallest absolute Gasteiger partial charge is 0.279 e. The number of halogens is 3. The fourth-order valence-corrected chi connectivity index (χ4v) is 4.88. The van der Waals surface area contributed by atoms with E-state index in [1.165, 1.54) is 38.8 Å². The minimum atomic E-state index is -3.11. The van der Waals surface area contributed by atoms with Crippen LogP contribution in [0.3, 0.4) is 0 Å². The van der Waals surface area contributed by atoms with Crippen LogP contribution in [0.15, 0.2) is 54.0 Å². The number of rotatable bonds is 4. The highest BCUT2D eigenvalue weighted by Crippen LogP contribution is 2.44. The van der Waals surface area contributed by atoms with Crippen molar-refractivity contribution in [3.05, 3.63) is 81.6 Å². The first-order valence-electron chi connectivity index (χ1n) is 10.9. The van der Waals surface area contributed by atoms with Crippen LogP contribution in [-0.2, 0) is 6.54 Å². The molecule has 0 bridgehead atoms. The van der Waals surface area contributed by atoms with Gasteiger partial charge in [0.15, 0.2) is 5.82 Å². The van der Waals surface area contributed by atoms with E-state index in [2.05, 4.69) is 25.0 Å². The molecule has 6 rings (SSSR count). The summed E-state index contributed by atoms with van der Waals surface area (Å²) in [5.74, 6) is -2.85. The fourth-order valence-electron chi connectivity index (χ4n) is 4.65. The molecule has 5 aromatic rings. The molecule has 0 radical (unpaired) electrons. The third kappa shape index (κ3) is 4.08. The summed E-state index contributed by atoms with van der Waals surface area (Å²) in [6.45, 7) is -0.674. The van der Waals surface area contributed by atoms with Crippen LogP contribution in [-0.4, -0.2) is 46.6 Å². The second-order valence-corrected chi connectivity index (χ2v) is 8.87. The predicted octanol–water partition coefficient (Wildman–Crippen LogP) is 3.44. The van der Waals surface area contributed by atoms with E-state index in [-0.39, 0.29) is 47.8 Å². The summed E-state index contributed by atoms with van der Waals surface area (Å²) in [7, 11) is 0. The van der Waals surface area contributed by atoms with E-state index in [9.17, 15) is 18.8 Å². The lowest BCUT2D eigenvalue weighted by Gasteiger charge is -2.27. The fraction of sp³-hybridized carbons (Fsp3) is 0.217. The Morgan fingerprint density at radius 2 is 2.08 bits per heavy atom. The number of pyridine rings is 1. The first kappa shape index (κ1) is 24.7. The molecule has 1 atom stereocenters. The lowest BCUT2D eigenvalue weighted by atomic mass is 10.1. The van der Waals surface area contributed by atoms with Gasteiger partial charge in [-0.2, -0.15) is 23.9 Å². The van der Waals surface area contributed by atoms with Gasteiger partial charge in [-0.15, -0.1) is 0 Å². The third-order valence-electron chi connectivity index (χ3n) is 6.21. The molecule has 1 saturated heterocycles. The molecular formula is C23H18ClF2N9OS. The van der Waals surface area contributed by atoms with Crippen LogP contribution < -0.4 is 10.5 Å². The van der Waals surface area contributed by atoms with Crippen molar-refractivity contribution in [1.29, 1.82) is 5.26 Å². The highest BCUT2D eigenvalue weighted by atomic mass is 35.5. The summed E-state index contributed by atoms with van der Waals surface area (Å²) in [5, 5.41) is 14.7. The van der Waals surface area contributed by atoms with Crippen molar-refractivity contribution in [2.75, 3.05) is 11.4 Å². The zero-order chi connectivity index (χ0) is 25.0. The molecule has 1 aliphatic heterocycles. The summed E-state index contributed by atoms with van der Waals surface area (Å²) >= 11 is 6.25. The Kier molecular flexibility index (Phi) is 6.09. The zero-order valence-corrected chi connectivity index (χ0v) is 20.7. The van der Waals surface area contributed by atoms with E-state index in [1.54, 1.807) is 24.4 Å². The Balaban J connectivity index is 0.00000280.